The van der Waals surface area contributed by atoms with Crippen molar-refractivity contribution in [2.24, 2.45) is 11.3 Å². The fourth-order valence-corrected chi connectivity index (χ4v) is 3.50. The summed E-state index contributed by atoms with van der Waals surface area (Å²) in [6, 6.07) is 0. The van der Waals surface area contributed by atoms with Crippen LogP contribution in [0.1, 0.15) is 59.3 Å². The Hall–Kier alpha value is -0.120. The van der Waals surface area contributed by atoms with Crippen molar-refractivity contribution in [1.29, 1.82) is 0 Å². The van der Waals surface area contributed by atoms with Gasteiger partial charge < -0.3 is 15.3 Å². The highest BCUT2D eigenvalue weighted by Gasteiger charge is 2.35. The quantitative estimate of drug-likeness (QED) is 0.606. The number of hydrogen-bond donors (Lipinski definition) is 2. The molecule has 0 radical (unpaired) electrons. The van der Waals surface area contributed by atoms with Crippen LogP contribution < -0.4 is 5.32 Å². The highest BCUT2D eigenvalue weighted by molar-refractivity contribution is 4.89. The highest BCUT2D eigenvalue weighted by Crippen LogP contribution is 2.39. The van der Waals surface area contributed by atoms with E-state index in [4.69, 9.17) is 0 Å². The lowest BCUT2D eigenvalue weighted by atomic mass is 9.70. The topological polar surface area (TPSA) is 35.5 Å². The minimum atomic E-state index is 0.287. The van der Waals surface area contributed by atoms with Crippen molar-refractivity contribution >= 4 is 0 Å². The summed E-state index contributed by atoms with van der Waals surface area (Å²) in [6.45, 7) is 12.5. The molecule has 0 aliphatic heterocycles. The van der Waals surface area contributed by atoms with Crippen LogP contribution in [0.3, 0.4) is 0 Å². The number of nitrogens with one attached hydrogen (secondary N) is 1. The molecular formula is C17H36N2O. The molecule has 1 aliphatic carbocycles. The minimum absolute atomic E-state index is 0.287. The Bertz CT molecular complexity index is 231. The lowest BCUT2D eigenvalue weighted by molar-refractivity contribution is 0.0759. The second-order valence-corrected chi connectivity index (χ2v) is 6.86. The molecule has 0 amide bonds. The van der Waals surface area contributed by atoms with E-state index in [1.165, 1.54) is 38.5 Å². The maximum absolute atomic E-state index is 9.28. The third-order valence-electron chi connectivity index (χ3n) is 4.78. The van der Waals surface area contributed by atoms with Gasteiger partial charge in [-0.1, -0.05) is 33.6 Å². The summed E-state index contributed by atoms with van der Waals surface area (Å²) >= 11 is 0. The average Bonchev–Trinajstić information content (AvgIpc) is 2.43. The minimum Gasteiger partial charge on any atom is -0.395 e. The van der Waals surface area contributed by atoms with Gasteiger partial charge in [-0.2, -0.15) is 0 Å². The Balaban J connectivity index is 2.60. The van der Waals surface area contributed by atoms with Crippen LogP contribution in [0.2, 0.25) is 0 Å². The zero-order valence-corrected chi connectivity index (χ0v) is 14.0. The van der Waals surface area contributed by atoms with Gasteiger partial charge >= 0.3 is 0 Å². The van der Waals surface area contributed by atoms with Crippen LogP contribution in [0, 0.1) is 11.3 Å². The summed E-state index contributed by atoms with van der Waals surface area (Å²) in [7, 11) is 0. The predicted octanol–water partition coefficient (Wildman–Crippen LogP) is 2.89. The molecule has 20 heavy (non-hydrogen) atoms. The van der Waals surface area contributed by atoms with Crippen LogP contribution in [0.4, 0.5) is 0 Å². The molecule has 0 aromatic carbocycles. The fraction of sp³-hybridized carbons (Fsp3) is 1.00. The molecular weight excluding hydrogens is 248 g/mol. The van der Waals surface area contributed by atoms with E-state index >= 15 is 0 Å². The predicted molar refractivity (Wildman–Crippen MR) is 87.0 cm³/mol. The molecule has 0 aromatic heterocycles. The number of nitrogens with zero attached hydrogens (tertiary/aromatic N) is 1. The molecule has 3 nitrogen and oxygen atoms in total. The van der Waals surface area contributed by atoms with Gasteiger partial charge in [-0.05, 0) is 50.1 Å². The van der Waals surface area contributed by atoms with Crippen LogP contribution in [-0.2, 0) is 0 Å². The van der Waals surface area contributed by atoms with Crippen LogP contribution >= 0.6 is 0 Å². The number of aliphatic hydroxyl groups is 1. The van der Waals surface area contributed by atoms with Gasteiger partial charge in [0, 0.05) is 19.6 Å². The molecule has 0 atom stereocenters. The van der Waals surface area contributed by atoms with Crippen molar-refractivity contribution in [2.75, 3.05) is 39.3 Å². The summed E-state index contributed by atoms with van der Waals surface area (Å²) in [5.41, 5.74) is 0.437. The van der Waals surface area contributed by atoms with Gasteiger partial charge in [-0.15, -0.1) is 0 Å². The molecule has 1 saturated carbocycles. The van der Waals surface area contributed by atoms with Crippen LogP contribution in [0.25, 0.3) is 0 Å². The molecule has 1 fully saturated rings. The first kappa shape index (κ1) is 17.9. The van der Waals surface area contributed by atoms with Crippen molar-refractivity contribution in [3.8, 4) is 0 Å². The van der Waals surface area contributed by atoms with Gasteiger partial charge in [0.1, 0.15) is 0 Å². The zero-order chi connectivity index (χ0) is 14.8. The maximum atomic E-state index is 9.28. The second-order valence-electron chi connectivity index (χ2n) is 6.86. The van der Waals surface area contributed by atoms with Crippen LogP contribution in [-0.4, -0.2) is 49.3 Å². The first-order chi connectivity index (χ1) is 9.65. The molecule has 0 aromatic rings. The Kier molecular flexibility index (Phi) is 8.74. The summed E-state index contributed by atoms with van der Waals surface area (Å²) in [4.78, 5) is 2.48. The normalized spacial score (nSPS) is 27.1. The molecule has 0 spiro atoms. The summed E-state index contributed by atoms with van der Waals surface area (Å²) in [5.74, 6) is 0.895. The van der Waals surface area contributed by atoms with Gasteiger partial charge in [0.05, 0.1) is 6.61 Å². The summed E-state index contributed by atoms with van der Waals surface area (Å²) in [6.07, 6.45) is 7.81. The van der Waals surface area contributed by atoms with Gasteiger partial charge in [0.15, 0.2) is 0 Å². The molecule has 1 rings (SSSR count). The van der Waals surface area contributed by atoms with E-state index in [0.717, 1.165) is 38.6 Å². The summed E-state index contributed by atoms with van der Waals surface area (Å²) < 4.78 is 0. The Labute approximate surface area is 126 Å². The van der Waals surface area contributed by atoms with Crippen molar-refractivity contribution in [2.45, 2.75) is 59.3 Å². The third-order valence-corrected chi connectivity index (χ3v) is 4.78. The van der Waals surface area contributed by atoms with Gasteiger partial charge in [-0.25, -0.2) is 0 Å². The molecule has 0 saturated heterocycles. The van der Waals surface area contributed by atoms with Crippen LogP contribution in [0.5, 0.6) is 0 Å². The van der Waals surface area contributed by atoms with Crippen molar-refractivity contribution in [1.82, 2.24) is 10.2 Å². The van der Waals surface area contributed by atoms with Crippen molar-refractivity contribution in [3.63, 3.8) is 0 Å². The Morgan fingerprint density at radius 1 is 1.15 bits per heavy atom. The average molecular weight is 284 g/mol. The van der Waals surface area contributed by atoms with E-state index in [-0.39, 0.29) is 6.61 Å². The Morgan fingerprint density at radius 3 is 2.40 bits per heavy atom. The van der Waals surface area contributed by atoms with E-state index in [9.17, 15) is 5.11 Å². The first-order valence-electron chi connectivity index (χ1n) is 8.69. The zero-order valence-electron chi connectivity index (χ0n) is 14.0. The SMILES string of the molecule is CCCNCC1(CN(CCC)CCO)CCC(C)CC1. The van der Waals surface area contributed by atoms with Gasteiger partial charge in [0.2, 0.25) is 0 Å². The van der Waals surface area contributed by atoms with E-state index in [2.05, 4.69) is 31.0 Å². The fourth-order valence-electron chi connectivity index (χ4n) is 3.50. The van der Waals surface area contributed by atoms with Crippen molar-refractivity contribution in [3.05, 3.63) is 0 Å². The largest absolute Gasteiger partial charge is 0.395 e. The molecule has 120 valence electrons. The molecule has 1 aliphatic rings. The van der Waals surface area contributed by atoms with Crippen molar-refractivity contribution < 1.29 is 5.11 Å². The summed E-state index contributed by atoms with van der Waals surface area (Å²) in [5, 5.41) is 12.9. The van der Waals surface area contributed by atoms with E-state index in [0.29, 0.717) is 5.41 Å². The Morgan fingerprint density at radius 2 is 1.85 bits per heavy atom. The van der Waals surface area contributed by atoms with E-state index in [1.54, 1.807) is 0 Å². The lowest BCUT2D eigenvalue weighted by Crippen LogP contribution is -2.47. The monoisotopic (exact) mass is 284 g/mol. The van der Waals surface area contributed by atoms with Gasteiger partial charge in [0.25, 0.3) is 0 Å². The molecule has 0 heterocycles. The second kappa shape index (κ2) is 9.75. The number of rotatable bonds is 10. The molecule has 0 unspecified atom stereocenters. The standard InChI is InChI=1S/C17H36N2O/c1-4-10-18-14-17(8-6-16(3)7-9-17)15-19(11-5-2)12-13-20/h16,18,20H,4-15H2,1-3H3. The van der Waals surface area contributed by atoms with E-state index < -0.39 is 0 Å². The van der Waals surface area contributed by atoms with Gasteiger partial charge in [-0.3, -0.25) is 0 Å². The molecule has 0 bridgehead atoms. The van der Waals surface area contributed by atoms with E-state index in [1.807, 2.05) is 0 Å². The number of hydrogen-bond acceptors (Lipinski definition) is 3. The molecule has 3 heteroatoms. The third kappa shape index (κ3) is 6.11. The maximum Gasteiger partial charge on any atom is 0.0558 e. The number of aliphatic hydroxyl groups excluding tert-OH is 1. The van der Waals surface area contributed by atoms with Crippen LogP contribution in [0.15, 0.2) is 0 Å². The molecule has 2 N–H and O–H groups in total. The lowest BCUT2D eigenvalue weighted by Gasteiger charge is -2.43. The first-order valence-corrected chi connectivity index (χ1v) is 8.69. The highest BCUT2D eigenvalue weighted by atomic mass is 16.3. The smallest absolute Gasteiger partial charge is 0.0558 e.